The summed E-state index contributed by atoms with van der Waals surface area (Å²) in [5.74, 6) is 1.69. The third-order valence-electron chi connectivity index (χ3n) is 3.78. The van der Waals surface area contributed by atoms with Gasteiger partial charge in [-0.2, -0.15) is 0 Å². The predicted molar refractivity (Wildman–Crippen MR) is 95.8 cm³/mol. The van der Waals surface area contributed by atoms with Gasteiger partial charge >= 0.3 is 0 Å². The van der Waals surface area contributed by atoms with Gasteiger partial charge in [0.25, 0.3) is 0 Å². The fourth-order valence-electron chi connectivity index (χ4n) is 2.58. The van der Waals surface area contributed by atoms with E-state index in [1.165, 1.54) is 4.90 Å². The number of hydrogen-bond acceptors (Lipinski definition) is 3. The van der Waals surface area contributed by atoms with Crippen molar-refractivity contribution in [1.82, 2.24) is 9.97 Å². The number of anilines is 1. The van der Waals surface area contributed by atoms with Gasteiger partial charge in [-0.15, -0.1) is 0 Å². The summed E-state index contributed by atoms with van der Waals surface area (Å²) >= 11 is 0. The summed E-state index contributed by atoms with van der Waals surface area (Å²) in [6.07, 6.45) is 1.11. The summed E-state index contributed by atoms with van der Waals surface area (Å²) in [6.45, 7) is 2.06. The second-order valence-corrected chi connectivity index (χ2v) is 6.02. The van der Waals surface area contributed by atoms with Gasteiger partial charge in [0.2, 0.25) is 0 Å². The molecule has 118 valence electrons. The van der Waals surface area contributed by atoms with E-state index in [0.29, 0.717) is 0 Å². The van der Waals surface area contributed by atoms with Gasteiger partial charge in [0.15, 0.2) is 5.82 Å². The van der Waals surface area contributed by atoms with Crippen LogP contribution in [0.5, 0.6) is 0 Å². The molecule has 4 heteroatoms. The zero-order valence-corrected chi connectivity index (χ0v) is 13.7. The van der Waals surface area contributed by atoms with Crippen LogP contribution in [-0.4, -0.2) is 37.2 Å². The minimum Gasteiger partial charge on any atom is -0.369 e. The minimum atomic E-state index is 0.769. The van der Waals surface area contributed by atoms with Gasteiger partial charge in [0.1, 0.15) is 5.82 Å². The maximum Gasteiger partial charge on any atom is 0.162 e. The van der Waals surface area contributed by atoms with Crippen LogP contribution in [-0.2, 0) is 0 Å². The van der Waals surface area contributed by atoms with Crippen LogP contribution in [0.1, 0.15) is 6.42 Å². The van der Waals surface area contributed by atoms with Crippen LogP contribution < -0.4 is 10.2 Å². The first-order valence-electron chi connectivity index (χ1n) is 8.09. The molecule has 2 N–H and O–H groups in total. The molecule has 1 heterocycles. The van der Waals surface area contributed by atoms with Crippen molar-refractivity contribution in [3.8, 4) is 11.4 Å². The van der Waals surface area contributed by atoms with E-state index in [9.17, 15) is 0 Å². The molecule has 0 spiro atoms. The Morgan fingerprint density at radius 3 is 2.43 bits per heavy atom. The molecule has 0 saturated heterocycles. The molecule has 3 rings (SSSR count). The molecule has 0 aliphatic carbocycles. The molecule has 1 aromatic heterocycles. The molecule has 0 amide bonds. The summed E-state index contributed by atoms with van der Waals surface area (Å²) in [6, 6.07) is 18.3. The molecular formula is C19H23N4+. The van der Waals surface area contributed by atoms with Crippen LogP contribution in [0.15, 0.2) is 54.6 Å². The van der Waals surface area contributed by atoms with E-state index in [-0.39, 0.29) is 0 Å². The molecule has 0 saturated carbocycles. The summed E-state index contributed by atoms with van der Waals surface area (Å²) in [4.78, 5) is 10.9. The van der Waals surface area contributed by atoms with Gasteiger partial charge in [0.05, 0.1) is 26.2 Å². The number of hydrogen-bond donors (Lipinski definition) is 2. The fourth-order valence-corrected chi connectivity index (χ4v) is 2.58. The van der Waals surface area contributed by atoms with Gasteiger partial charge in [-0.05, 0) is 12.1 Å². The Morgan fingerprint density at radius 2 is 1.65 bits per heavy atom. The number of rotatable bonds is 6. The highest BCUT2D eigenvalue weighted by molar-refractivity contribution is 5.90. The summed E-state index contributed by atoms with van der Waals surface area (Å²) in [7, 11) is 4.35. The lowest BCUT2D eigenvalue weighted by atomic mass is 10.2. The first-order valence-corrected chi connectivity index (χ1v) is 8.09. The molecule has 23 heavy (non-hydrogen) atoms. The lowest BCUT2D eigenvalue weighted by molar-refractivity contribution is -0.858. The van der Waals surface area contributed by atoms with Crippen molar-refractivity contribution in [2.24, 2.45) is 0 Å². The lowest BCUT2D eigenvalue weighted by Gasteiger charge is -2.12. The van der Waals surface area contributed by atoms with Crippen molar-refractivity contribution in [2.75, 3.05) is 32.5 Å². The van der Waals surface area contributed by atoms with E-state index >= 15 is 0 Å². The lowest BCUT2D eigenvalue weighted by Crippen LogP contribution is -3.05. The summed E-state index contributed by atoms with van der Waals surface area (Å²) < 4.78 is 0. The van der Waals surface area contributed by atoms with Crippen LogP contribution in [0.2, 0.25) is 0 Å². The standard InChI is InChI=1S/C19H22N4/c1-23(2)14-8-13-20-19-16-11-6-7-12-17(16)21-18(22-19)15-9-4-3-5-10-15/h3-7,9-12H,8,13-14H2,1-2H3,(H,20,21,22)/p+1. The number of nitrogens with zero attached hydrogens (tertiary/aromatic N) is 2. The zero-order chi connectivity index (χ0) is 16.1. The smallest absolute Gasteiger partial charge is 0.162 e. The molecular weight excluding hydrogens is 284 g/mol. The topological polar surface area (TPSA) is 42.2 Å². The second-order valence-electron chi connectivity index (χ2n) is 6.02. The first-order chi connectivity index (χ1) is 11.2. The van der Waals surface area contributed by atoms with Crippen molar-refractivity contribution >= 4 is 16.7 Å². The number of benzene rings is 2. The average Bonchev–Trinajstić information content (AvgIpc) is 2.59. The molecule has 0 atom stereocenters. The highest BCUT2D eigenvalue weighted by Crippen LogP contribution is 2.24. The first kappa shape index (κ1) is 15.4. The average molecular weight is 307 g/mol. The number of quaternary nitrogens is 1. The molecule has 2 aromatic carbocycles. The molecule has 0 bridgehead atoms. The highest BCUT2D eigenvalue weighted by atomic mass is 15.1. The van der Waals surface area contributed by atoms with Crippen molar-refractivity contribution in [2.45, 2.75) is 6.42 Å². The molecule has 0 unspecified atom stereocenters. The SMILES string of the molecule is C[NH+](C)CCCNc1nc(-c2ccccc2)nc2ccccc12. The molecule has 0 aliphatic heterocycles. The Balaban J connectivity index is 1.91. The van der Waals surface area contributed by atoms with Gasteiger partial charge in [0, 0.05) is 23.9 Å². The quantitative estimate of drug-likeness (QED) is 0.686. The Labute approximate surface area is 137 Å². The maximum absolute atomic E-state index is 4.76. The van der Waals surface area contributed by atoms with Gasteiger partial charge < -0.3 is 10.2 Å². The second kappa shape index (κ2) is 7.20. The molecule has 0 radical (unpaired) electrons. The largest absolute Gasteiger partial charge is 0.369 e. The number of aromatic nitrogens is 2. The van der Waals surface area contributed by atoms with Crippen LogP contribution in [0.3, 0.4) is 0 Å². The number of nitrogens with one attached hydrogen (secondary N) is 2. The van der Waals surface area contributed by atoms with Gasteiger partial charge in [-0.3, -0.25) is 0 Å². The third-order valence-corrected chi connectivity index (χ3v) is 3.78. The summed E-state index contributed by atoms with van der Waals surface area (Å²) in [5.41, 5.74) is 2.01. The van der Waals surface area contributed by atoms with Crippen molar-refractivity contribution in [1.29, 1.82) is 0 Å². The fraction of sp³-hybridized carbons (Fsp3) is 0.263. The minimum absolute atomic E-state index is 0.769. The number of fused-ring (bicyclic) bond motifs is 1. The monoisotopic (exact) mass is 307 g/mol. The van der Waals surface area contributed by atoms with Gasteiger partial charge in [-0.1, -0.05) is 42.5 Å². The van der Waals surface area contributed by atoms with E-state index in [2.05, 4.69) is 25.5 Å². The Kier molecular flexibility index (Phi) is 4.83. The van der Waals surface area contributed by atoms with Gasteiger partial charge in [-0.25, -0.2) is 9.97 Å². The van der Waals surface area contributed by atoms with E-state index in [1.807, 2.05) is 48.5 Å². The summed E-state index contributed by atoms with van der Waals surface area (Å²) in [5, 5.41) is 4.56. The Hall–Kier alpha value is -2.46. The molecule has 0 aliphatic rings. The van der Waals surface area contributed by atoms with E-state index in [4.69, 9.17) is 9.97 Å². The van der Waals surface area contributed by atoms with Crippen LogP contribution >= 0.6 is 0 Å². The normalized spacial score (nSPS) is 11.1. The van der Waals surface area contributed by atoms with Crippen molar-refractivity contribution < 1.29 is 4.90 Å². The van der Waals surface area contributed by atoms with Crippen LogP contribution in [0.4, 0.5) is 5.82 Å². The van der Waals surface area contributed by atoms with Crippen molar-refractivity contribution in [3.63, 3.8) is 0 Å². The zero-order valence-electron chi connectivity index (χ0n) is 13.7. The molecule has 4 nitrogen and oxygen atoms in total. The van der Waals surface area contributed by atoms with E-state index in [0.717, 1.165) is 47.6 Å². The van der Waals surface area contributed by atoms with E-state index < -0.39 is 0 Å². The van der Waals surface area contributed by atoms with Crippen LogP contribution in [0.25, 0.3) is 22.3 Å². The van der Waals surface area contributed by atoms with Crippen LogP contribution in [0, 0.1) is 0 Å². The predicted octanol–water partition coefficient (Wildman–Crippen LogP) is 2.24. The molecule has 3 aromatic rings. The van der Waals surface area contributed by atoms with Crippen molar-refractivity contribution in [3.05, 3.63) is 54.6 Å². The number of para-hydroxylation sites is 1. The highest BCUT2D eigenvalue weighted by Gasteiger charge is 2.08. The maximum atomic E-state index is 4.76. The molecule has 0 fully saturated rings. The van der Waals surface area contributed by atoms with E-state index in [1.54, 1.807) is 0 Å². The third kappa shape index (κ3) is 3.85. The Morgan fingerprint density at radius 1 is 0.913 bits per heavy atom. The Bertz CT molecular complexity index is 769.